The van der Waals surface area contributed by atoms with E-state index in [9.17, 15) is 13.2 Å². The van der Waals surface area contributed by atoms with Crippen LogP contribution in [0.5, 0.6) is 0 Å². The van der Waals surface area contributed by atoms with Crippen molar-refractivity contribution >= 4 is 10.1 Å². The molecular weight excluding hydrogens is 633 g/mol. The number of hydrogen-bond donors (Lipinski definition) is 0. The molecule has 8 rings (SSSR count). The molecule has 0 unspecified atom stereocenters. The van der Waals surface area contributed by atoms with Crippen LogP contribution in [0.2, 0.25) is 0 Å². The van der Waals surface area contributed by atoms with Crippen LogP contribution < -0.4 is 0 Å². The molecule has 0 radical (unpaired) electrons. The first kappa shape index (κ1) is 31.5. The van der Waals surface area contributed by atoms with Gasteiger partial charge in [0, 0.05) is 5.56 Å². The van der Waals surface area contributed by atoms with Gasteiger partial charge >= 0.3 is 17.0 Å². The van der Waals surface area contributed by atoms with E-state index in [2.05, 4.69) is 127 Å². The number of benzene rings is 5. The molecule has 4 nitrogen and oxygen atoms in total. The average molecular weight is 663 g/mol. The number of fused-ring (bicyclic) bond motifs is 6. The highest BCUT2D eigenvalue weighted by Gasteiger charge is 2.39. The summed E-state index contributed by atoms with van der Waals surface area (Å²) >= 11 is 0. The van der Waals surface area contributed by atoms with Crippen molar-refractivity contribution in [2.75, 3.05) is 0 Å². The van der Waals surface area contributed by atoms with Crippen LogP contribution in [-0.2, 0) is 35.8 Å². The second-order valence-electron chi connectivity index (χ2n) is 11.8. The van der Waals surface area contributed by atoms with Gasteiger partial charge in [-0.15, -0.1) is 0 Å². The number of hydrogen-bond acceptors (Lipinski definition) is 3. The molecule has 0 N–H and O–H groups in total. The van der Waals surface area contributed by atoms with Gasteiger partial charge in [-0.05, 0) is 76.8 Å². The van der Waals surface area contributed by atoms with E-state index in [0.717, 1.165) is 37.2 Å². The summed E-state index contributed by atoms with van der Waals surface area (Å²) in [6.07, 6.45) is 4.04. The predicted molar refractivity (Wildman–Crippen MR) is 181 cm³/mol. The Morgan fingerprint density at radius 1 is 0.521 bits per heavy atom. The summed E-state index contributed by atoms with van der Waals surface area (Å²) < 4.78 is 66.0. The smallest absolute Gasteiger partial charge is 0.485 e. The average Bonchev–Trinajstić information content (AvgIpc) is 3.10. The van der Waals surface area contributed by atoms with Crippen LogP contribution in [0.1, 0.15) is 22.3 Å². The second kappa shape index (κ2) is 12.5. The highest BCUT2D eigenvalue weighted by Crippen LogP contribution is 2.48. The van der Waals surface area contributed by atoms with Crippen molar-refractivity contribution in [2.45, 2.75) is 31.2 Å². The van der Waals surface area contributed by atoms with Gasteiger partial charge in [0.15, 0.2) is 10.1 Å². The maximum absolute atomic E-state index is 10.7. The molecule has 6 aromatic rings. The predicted octanol–water partition coefficient (Wildman–Crippen LogP) is 10.1. The first-order chi connectivity index (χ1) is 23.1. The van der Waals surface area contributed by atoms with Crippen molar-refractivity contribution < 1.29 is 30.6 Å². The molecule has 0 bridgehead atoms. The summed E-state index contributed by atoms with van der Waals surface area (Å²) in [5, 5.41) is 0. The van der Waals surface area contributed by atoms with E-state index in [1.54, 1.807) is 0 Å². The van der Waals surface area contributed by atoms with Crippen molar-refractivity contribution in [3.63, 3.8) is 0 Å². The molecule has 0 atom stereocenters. The number of alkyl halides is 3. The van der Waals surface area contributed by atoms with Crippen LogP contribution in [0.15, 0.2) is 132 Å². The van der Waals surface area contributed by atoms with Gasteiger partial charge in [-0.3, -0.25) is 0 Å². The van der Waals surface area contributed by atoms with E-state index in [1.165, 1.54) is 66.8 Å². The third-order valence-corrected chi connectivity index (χ3v) is 9.48. The topological polar surface area (TPSA) is 68.5 Å². The van der Waals surface area contributed by atoms with Crippen LogP contribution in [0.25, 0.3) is 56.0 Å². The molecule has 8 heteroatoms. The van der Waals surface area contributed by atoms with Gasteiger partial charge in [0.2, 0.25) is 0 Å². The quantitative estimate of drug-likeness (QED) is 0.107. The van der Waals surface area contributed by atoms with Gasteiger partial charge in [-0.2, -0.15) is 13.2 Å². The van der Waals surface area contributed by atoms with Gasteiger partial charge in [0.25, 0.3) is 0 Å². The van der Waals surface area contributed by atoms with Crippen LogP contribution in [0.3, 0.4) is 0 Å². The Morgan fingerprint density at radius 3 is 1.27 bits per heavy atom. The van der Waals surface area contributed by atoms with Gasteiger partial charge in [-0.1, -0.05) is 115 Å². The Hall–Kier alpha value is -5.05. The first-order valence-corrected chi connectivity index (χ1v) is 17.0. The Morgan fingerprint density at radius 2 is 0.896 bits per heavy atom. The van der Waals surface area contributed by atoms with Crippen LogP contribution in [0.4, 0.5) is 13.2 Å². The summed E-state index contributed by atoms with van der Waals surface area (Å²) in [5.74, 6) is 2.07. The molecule has 240 valence electrons. The summed E-state index contributed by atoms with van der Waals surface area (Å²) in [6.45, 7) is 0. The van der Waals surface area contributed by atoms with Crippen molar-refractivity contribution in [3.05, 3.63) is 150 Å². The highest BCUT2D eigenvalue weighted by atomic mass is 32.2. The lowest BCUT2D eigenvalue weighted by atomic mass is 9.79. The zero-order chi connectivity index (χ0) is 33.5. The Balaban J connectivity index is 0.000000408. The van der Waals surface area contributed by atoms with Gasteiger partial charge in [0.05, 0.1) is 22.3 Å². The minimum atomic E-state index is -6.09. The van der Waals surface area contributed by atoms with Gasteiger partial charge in [-0.25, -0.2) is 12.8 Å². The lowest BCUT2D eigenvalue weighted by Gasteiger charge is -2.23. The second-order valence-corrected chi connectivity index (χ2v) is 13.2. The van der Waals surface area contributed by atoms with Crippen LogP contribution in [0, 0.1) is 0 Å². The fourth-order valence-electron chi connectivity index (χ4n) is 6.65. The molecule has 0 fully saturated rings. The lowest BCUT2D eigenvalue weighted by Crippen LogP contribution is -2.21. The van der Waals surface area contributed by atoms with Crippen molar-refractivity contribution in [3.8, 4) is 56.0 Å². The monoisotopic (exact) mass is 662 g/mol. The zero-order valence-electron chi connectivity index (χ0n) is 25.6. The van der Waals surface area contributed by atoms with E-state index >= 15 is 0 Å². The van der Waals surface area contributed by atoms with Gasteiger partial charge < -0.3 is 4.55 Å². The number of aryl methyl sites for hydroxylation is 2. The summed E-state index contributed by atoms with van der Waals surface area (Å²) in [7, 11) is -6.09. The van der Waals surface area contributed by atoms with Crippen molar-refractivity contribution in [1.82, 2.24) is 0 Å². The third kappa shape index (κ3) is 6.05. The number of rotatable bonds is 3. The maximum atomic E-state index is 10.7. The summed E-state index contributed by atoms with van der Waals surface area (Å²) in [6, 6.07) is 46.1. The SMILES string of the molecule is O=S(=O)([O-])C(F)(F)F.c1ccc(-c2ccc3c(c2)-c2[o+]c4c(c(-c5ccccc5)c2CC3)CCc2ccc(-c3ccccc3)cc2-4)cc1. The van der Waals surface area contributed by atoms with E-state index in [4.69, 9.17) is 17.4 Å². The molecule has 0 saturated heterocycles. The van der Waals surface area contributed by atoms with Crippen LogP contribution in [-0.4, -0.2) is 18.5 Å². The Bertz CT molecular complexity index is 2120. The van der Waals surface area contributed by atoms with E-state index in [0.29, 0.717) is 0 Å². The molecule has 0 amide bonds. The van der Waals surface area contributed by atoms with Gasteiger partial charge in [0.1, 0.15) is 0 Å². The summed E-state index contributed by atoms with van der Waals surface area (Å²) in [5.41, 5.74) is 9.84. The molecule has 0 saturated carbocycles. The van der Waals surface area contributed by atoms with Crippen molar-refractivity contribution in [2.24, 2.45) is 0 Å². The molecule has 48 heavy (non-hydrogen) atoms. The Labute approximate surface area is 276 Å². The normalized spacial score (nSPS) is 13.2. The highest BCUT2D eigenvalue weighted by molar-refractivity contribution is 7.86. The summed E-state index contributed by atoms with van der Waals surface area (Å²) in [4.78, 5) is 0. The Kier molecular flexibility index (Phi) is 8.23. The fraction of sp³-hybridized carbons (Fsp3) is 0.125. The third-order valence-electron chi connectivity index (χ3n) is 8.91. The van der Waals surface area contributed by atoms with Crippen molar-refractivity contribution in [1.29, 1.82) is 0 Å². The molecule has 0 aliphatic heterocycles. The molecule has 2 aliphatic carbocycles. The van der Waals surface area contributed by atoms with E-state index in [1.807, 2.05) is 0 Å². The lowest BCUT2D eigenvalue weighted by molar-refractivity contribution is -0.0517. The molecule has 2 aliphatic rings. The minimum absolute atomic E-state index is 0.991. The number of halogens is 3. The maximum Gasteiger partial charge on any atom is 0.485 e. The molecule has 0 spiro atoms. The fourth-order valence-corrected chi connectivity index (χ4v) is 6.65. The molecule has 5 aromatic carbocycles. The largest absolute Gasteiger partial charge is 0.741 e. The van der Waals surface area contributed by atoms with E-state index in [-0.39, 0.29) is 0 Å². The minimum Gasteiger partial charge on any atom is -0.741 e. The molecule has 1 aromatic heterocycles. The van der Waals surface area contributed by atoms with E-state index < -0.39 is 15.6 Å². The standard InChI is InChI=1S/C39H29O.CHF3O3S/c1-4-10-26(11-5-1)31-18-16-28-20-22-33-37(30-14-8-3-9-15-30)34-23-21-29-17-19-32(27-12-6-2-7-13-27)25-36(29)39(34)40-38(33)35(28)24-31;2-1(3,4)8(5,6)7/h1-19,24-25H,20-23H2;(H,5,6,7)/q+1;/p-1. The van der Waals surface area contributed by atoms with Crippen LogP contribution >= 0.6 is 0 Å². The zero-order valence-corrected chi connectivity index (χ0v) is 26.4. The molecular formula is C40H29F3O4S. The first-order valence-electron chi connectivity index (χ1n) is 15.6. The molecule has 1 heterocycles.